The van der Waals surface area contributed by atoms with Gasteiger partial charge in [0.2, 0.25) is 5.91 Å². The Labute approximate surface area is 116 Å². The van der Waals surface area contributed by atoms with Crippen LogP contribution in [-0.2, 0) is 11.2 Å². The molecule has 2 aromatic rings. The smallest absolute Gasteiger partial charge is 0.263 e. The Bertz CT molecular complexity index is 691. The number of nitrogens with zero attached hydrogens (tertiary/aromatic N) is 2. The molecule has 0 radical (unpaired) electrons. The summed E-state index contributed by atoms with van der Waals surface area (Å²) in [7, 11) is 0. The number of nitrogen functional groups attached to an aromatic ring is 1. The SMILES string of the molecule is Nc1c2c(nn1-c1ccc(Br)cc1)CC(=O)NC2=O. The van der Waals surface area contributed by atoms with Gasteiger partial charge in [-0.15, -0.1) is 0 Å². The molecule has 0 spiro atoms. The van der Waals surface area contributed by atoms with E-state index >= 15 is 0 Å². The third kappa shape index (κ3) is 1.91. The van der Waals surface area contributed by atoms with E-state index in [-0.39, 0.29) is 23.7 Å². The van der Waals surface area contributed by atoms with E-state index in [0.717, 1.165) is 10.2 Å². The maximum atomic E-state index is 11.7. The zero-order valence-corrected chi connectivity index (χ0v) is 11.3. The van der Waals surface area contributed by atoms with E-state index in [0.29, 0.717) is 5.69 Å². The van der Waals surface area contributed by atoms with Gasteiger partial charge in [0, 0.05) is 4.47 Å². The summed E-state index contributed by atoms with van der Waals surface area (Å²) < 4.78 is 2.40. The molecule has 0 saturated carbocycles. The van der Waals surface area contributed by atoms with Gasteiger partial charge < -0.3 is 5.73 Å². The van der Waals surface area contributed by atoms with Gasteiger partial charge >= 0.3 is 0 Å². The van der Waals surface area contributed by atoms with Crippen LogP contribution in [-0.4, -0.2) is 21.6 Å². The van der Waals surface area contributed by atoms with E-state index in [1.165, 1.54) is 4.68 Å². The van der Waals surface area contributed by atoms with Gasteiger partial charge in [-0.1, -0.05) is 15.9 Å². The number of benzene rings is 1. The predicted molar refractivity (Wildman–Crippen MR) is 71.9 cm³/mol. The molecule has 6 nitrogen and oxygen atoms in total. The number of fused-ring (bicyclic) bond motifs is 1. The summed E-state index contributed by atoms with van der Waals surface area (Å²) in [6.45, 7) is 0. The van der Waals surface area contributed by atoms with Crippen LogP contribution in [0.15, 0.2) is 28.7 Å². The van der Waals surface area contributed by atoms with Crippen molar-refractivity contribution in [2.75, 3.05) is 5.73 Å². The van der Waals surface area contributed by atoms with Crippen molar-refractivity contribution in [1.29, 1.82) is 0 Å². The third-order valence-corrected chi connectivity index (χ3v) is 3.40. The molecule has 19 heavy (non-hydrogen) atoms. The van der Waals surface area contributed by atoms with Gasteiger partial charge in [-0.05, 0) is 24.3 Å². The van der Waals surface area contributed by atoms with Crippen LogP contribution in [0.5, 0.6) is 0 Å². The molecule has 0 bridgehead atoms. The van der Waals surface area contributed by atoms with Gasteiger partial charge in [0.15, 0.2) is 0 Å². The van der Waals surface area contributed by atoms with Gasteiger partial charge in [-0.3, -0.25) is 14.9 Å². The van der Waals surface area contributed by atoms with Crippen LogP contribution in [0.25, 0.3) is 5.69 Å². The van der Waals surface area contributed by atoms with E-state index in [1.807, 2.05) is 24.3 Å². The first-order valence-corrected chi connectivity index (χ1v) is 6.33. The molecule has 3 N–H and O–H groups in total. The fourth-order valence-electron chi connectivity index (χ4n) is 2.01. The summed E-state index contributed by atoms with van der Waals surface area (Å²) in [5, 5.41) is 6.48. The minimum Gasteiger partial charge on any atom is -0.383 e. The average molecular weight is 321 g/mol. The molecule has 0 fully saturated rings. The van der Waals surface area contributed by atoms with Crippen molar-refractivity contribution in [3.8, 4) is 5.69 Å². The van der Waals surface area contributed by atoms with Crippen LogP contribution in [0, 0.1) is 0 Å². The van der Waals surface area contributed by atoms with Crippen molar-refractivity contribution in [2.24, 2.45) is 0 Å². The lowest BCUT2D eigenvalue weighted by Gasteiger charge is -2.09. The van der Waals surface area contributed by atoms with Crippen molar-refractivity contribution in [3.63, 3.8) is 0 Å². The first-order chi connectivity index (χ1) is 9.06. The molecule has 1 aromatic heterocycles. The normalized spacial score (nSPS) is 14.2. The fourth-order valence-corrected chi connectivity index (χ4v) is 2.28. The van der Waals surface area contributed by atoms with Crippen molar-refractivity contribution >= 4 is 33.6 Å². The lowest BCUT2D eigenvalue weighted by molar-refractivity contribution is -0.119. The highest BCUT2D eigenvalue weighted by molar-refractivity contribution is 9.10. The van der Waals surface area contributed by atoms with Crippen LogP contribution in [0.2, 0.25) is 0 Å². The highest BCUT2D eigenvalue weighted by Gasteiger charge is 2.29. The van der Waals surface area contributed by atoms with Crippen molar-refractivity contribution < 1.29 is 9.59 Å². The molecule has 0 atom stereocenters. The number of carbonyl (C=O) groups excluding carboxylic acids is 2. The summed E-state index contributed by atoms with van der Waals surface area (Å²) in [4.78, 5) is 23.1. The van der Waals surface area contributed by atoms with Gasteiger partial charge in [-0.2, -0.15) is 5.10 Å². The van der Waals surface area contributed by atoms with Gasteiger partial charge in [0.25, 0.3) is 5.91 Å². The highest BCUT2D eigenvalue weighted by Crippen LogP contribution is 2.24. The van der Waals surface area contributed by atoms with Gasteiger partial charge in [0.1, 0.15) is 11.4 Å². The lowest BCUT2D eigenvalue weighted by atomic mass is 10.1. The number of hydrogen-bond donors (Lipinski definition) is 2. The van der Waals surface area contributed by atoms with Gasteiger partial charge in [-0.25, -0.2) is 4.68 Å². The summed E-state index contributed by atoms with van der Waals surface area (Å²) >= 11 is 3.34. The van der Waals surface area contributed by atoms with Crippen LogP contribution in [0.3, 0.4) is 0 Å². The topological polar surface area (TPSA) is 90.0 Å². The van der Waals surface area contributed by atoms with Gasteiger partial charge in [0.05, 0.1) is 17.8 Å². The number of carbonyl (C=O) groups is 2. The standard InChI is InChI=1S/C12H9BrN4O2/c13-6-1-3-7(4-2-6)17-11(14)10-8(16-17)5-9(18)15-12(10)19/h1-4H,5,14H2,(H,15,18,19). The first kappa shape index (κ1) is 11.9. The Balaban J connectivity index is 2.14. The summed E-state index contributed by atoms with van der Waals surface area (Å²) in [6, 6.07) is 7.33. The zero-order valence-electron chi connectivity index (χ0n) is 9.68. The number of anilines is 1. The van der Waals surface area contributed by atoms with Crippen molar-refractivity contribution in [3.05, 3.63) is 40.0 Å². The minimum absolute atomic E-state index is 0.0643. The summed E-state index contributed by atoms with van der Waals surface area (Å²) in [6.07, 6.45) is 0.0643. The molecular weight excluding hydrogens is 312 g/mol. The molecule has 3 rings (SSSR count). The molecule has 2 amide bonds. The molecule has 2 heterocycles. The molecule has 96 valence electrons. The largest absolute Gasteiger partial charge is 0.383 e. The average Bonchev–Trinajstić information content (AvgIpc) is 2.67. The second kappa shape index (κ2) is 4.20. The maximum absolute atomic E-state index is 11.7. The lowest BCUT2D eigenvalue weighted by Crippen LogP contribution is -2.37. The maximum Gasteiger partial charge on any atom is 0.263 e. The molecule has 1 aromatic carbocycles. The second-order valence-electron chi connectivity index (χ2n) is 4.15. The number of imide groups is 1. The van der Waals surface area contributed by atoms with Crippen LogP contribution in [0.1, 0.15) is 16.1 Å². The van der Waals surface area contributed by atoms with E-state index < -0.39 is 5.91 Å². The second-order valence-corrected chi connectivity index (χ2v) is 5.06. The molecule has 1 aliphatic heterocycles. The van der Waals surface area contributed by atoms with E-state index in [1.54, 1.807) is 0 Å². The Morgan fingerprint density at radius 3 is 2.63 bits per heavy atom. The molecule has 0 unspecified atom stereocenters. The number of amides is 2. The molecule has 0 saturated heterocycles. The number of halogens is 1. The number of rotatable bonds is 1. The monoisotopic (exact) mass is 320 g/mol. The Kier molecular flexibility index (Phi) is 2.63. The fraction of sp³-hybridized carbons (Fsp3) is 0.0833. The molecular formula is C12H9BrN4O2. The Morgan fingerprint density at radius 2 is 1.95 bits per heavy atom. The number of nitrogens with one attached hydrogen (secondary N) is 1. The molecule has 7 heteroatoms. The quantitative estimate of drug-likeness (QED) is 0.768. The number of hydrogen-bond acceptors (Lipinski definition) is 4. The molecule has 1 aliphatic rings. The van der Waals surface area contributed by atoms with E-state index in [4.69, 9.17) is 5.73 Å². The van der Waals surface area contributed by atoms with E-state index in [2.05, 4.69) is 26.3 Å². The molecule has 0 aliphatic carbocycles. The zero-order chi connectivity index (χ0) is 13.6. The van der Waals surface area contributed by atoms with Crippen molar-refractivity contribution in [1.82, 2.24) is 15.1 Å². The number of nitrogens with two attached hydrogens (primary N) is 1. The highest BCUT2D eigenvalue weighted by atomic mass is 79.9. The summed E-state index contributed by atoms with van der Waals surface area (Å²) in [5.74, 6) is -0.618. The Hall–Kier alpha value is -2.15. The number of aromatic nitrogens is 2. The minimum atomic E-state index is -0.493. The van der Waals surface area contributed by atoms with Crippen LogP contribution < -0.4 is 11.1 Å². The predicted octanol–water partition coefficient (Wildman–Crippen LogP) is 1.03. The van der Waals surface area contributed by atoms with Crippen LogP contribution in [0.4, 0.5) is 5.82 Å². The summed E-state index contributed by atoms with van der Waals surface area (Å²) in [5.41, 5.74) is 7.37. The Morgan fingerprint density at radius 1 is 1.26 bits per heavy atom. The van der Waals surface area contributed by atoms with Crippen LogP contribution >= 0.6 is 15.9 Å². The third-order valence-electron chi connectivity index (χ3n) is 2.87. The van der Waals surface area contributed by atoms with E-state index in [9.17, 15) is 9.59 Å². The van der Waals surface area contributed by atoms with Crippen molar-refractivity contribution in [2.45, 2.75) is 6.42 Å². The first-order valence-electron chi connectivity index (χ1n) is 5.54.